The number of alkyl halides is 1. The molecule has 2 aromatic rings. The Balaban J connectivity index is 2.11. The van der Waals surface area contributed by atoms with Gasteiger partial charge in [-0.2, -0.15) is 8.75 Å². The number of rotatable bonds is 5. The average molecular weight is 239 g/mol. The van der Waals surface area contributed by atoms with Gasteiger partial charge < -0.3 is 4.90 Å². The molecule has 0 saturated carbocycles. The summed E-state index contributed by atoms with van der Waals surface area (Å²) < 4.78 is 20.5. The van der Waals surface area contributed by atoms with Crippen LogP contribution in [0.5, 0.6) is 0 Å². The van der Waals surface area contributed by atoms with Crippen LogP contribution in [0.1, 0.15) is 12.0 Å². The third kappa shape index (κ3) is 2.54. The second kappa shape index (κ2) is 5.32. The number of hydrogen-bond acceptors (Lipinski definition) is 4. The molecule has 1 aromatic carbocycles. The van der Waals surface area contributed by atoms with E-state index in [0.29, 0.717) is 6.42 Å². The number of benzene rings is 1. The summed E-state index contributed by atoms with van der Waals surface area (Å²) in [5, 5.41) is 0. The fourth-order valence-corrected chi connectivity index (χ4v) is 2.26. The molecule has 0 fully saturated rings. The van der Waals surface area contributed by atoms with Gasteiger partial charge >= 0.3 is 0 Å². The molecule has 1 aromatic heterocycles. The molecule has 0 radical (unpaired) electrons. The monoisotopic (exact) mass is 239 g/mol. The summed E-state index contributed by atoms with van der Waals surface area (Å²) >= 11 is 1.23. The molecular formula is C11H14FN3S. The summed E-state index contributed by atoms with van der Waals surface area (Å²) in [5.41, 5.74) is 3.08. The Labute approximate surface area is 98.2 Å². The molecule has 0 aliphatic heterocycles. The molecule has 0 aliphatic rings. The van der Waals surface area contributed by atoms with Crippen LogP contribution in [-0.2, 0) is 6.54 Å². The Morgan fingerprint density at radius 1 is 1.38 bits per heavy atom. The van der Waals surface area contributed by atoms with E-state index in [4.69, 9.17) is 0 Å². The minimum Gasteiger partial charge on any atom is -0.302 e. The SMILES string of the molecule is CN(CCCF)Cc1cccc2nsnc12. The number of fused-ring (bicyclic) bond motifs is 1. The van der Waals surface area contributed by atoms with Crippen molar-refractivity contribution in [1.29, 1.82) is 0 Å². The van der Waals surface area contributed by atoms with E-state index < -0.39 is 0 Å². The first kappa shape index (κ1) is 11.4. The van der Waals surface area contributed by atoms with E-state index in [-0.39, 0.29) is 6.67 Å². The normalized spacial score (nSPS) is 11.4. The summed E-state index contributed by atoms with van der Waals surface area (Å²) in [4.78, 5) is 2.10. The molecule has 2 rings (SSSR count). The first-order chi connectivity index (χ1) is 7.81. The fraction of sp³-hybridized carbons (Fsp3) is 0.455. The van der Waals surface area contributed by atoms with E-state index in [1.54, 1.807) is 0 Å². The first-order valence-corrected chi connectivity index (χ1v) is 5.99. The lowest BCUT2D eigenvalue weighted by Crippen LogP contribution is -2.19. The van der Waals surface area contributed by atoms with Crippen molar-refractivity contribution in [1.82, 2.24) is 13.6 Å². The molecule has 0 spiro atoms. The molecule has 0 amide bonds. The van der Waals surface area contributed by atoms with Crippen LogP contribution in [-0.4, -0.2) is 33.9 Å². The average Bonchev–Trinajstić information content (AvgIpc) is 2.75. The van der Waals surface area contributed by atoms with Crippen molar-refractivity contribution in [2.75, 3.05) is 20.3 Å². The van der Waals surface area contributed by atoms with E-state index in [1.165, 1.54) is 11.7 Å². The Morgan fingerprint density at radius 2 is 2.25 bits per heavy atom. The van der Waals surface area contributed by atoms with Gasteiger partial charge in [-0.15, -0.1) is 0 Å². The fourth-order valence-electron chi connectivity index (χ4n) is 1.69. The number of nitrogens with zero attached hydrogens (tertiary/aromatic N) is 3. The summed E-state index contributed by atoms with van der Waals surface area (Å²) in [6.45, 7) is 1.31. The molecule has 0 bridgehead atoms. The van der Waals surface area contributed by atoms with Gasteiger partial charge in [0.25, 0.3) is 0 Å². The highest BCUT2D eigenvalue weighted by atomic mass is 32.1. The van der Waals surface area contributed by atoms with Crippen LogP contribution in [0.15, 0.2) is 18.2 Å². The maximum absolute atomic E-state index is 12.0. The zero-order valence-corrected chi connectivity index (χ0v) is 10.0. The molecule has 0 atom stereocenters. The zero-order valence-electron chi connectivity index (χ0n) is 9.19. The summed E-state index contributed by atoms with van der Waals surface area (Å²) in [7, 11) is 1.99. The van der Waals surface area contributed by atoms with Gasteiger partial charge in [0.15, 0.2) is 0 Å². The van der Waals surface area contributed by atoms with Crippen LogP contribution < -0.4 is 0 Å². The van der Waals surface area contributed by atoms with Crippen molar-refractivity contribution in [2.24, 2.45) is 0 Å². The van der Waals surface area contributed by atoms with Crippen molar-refractivity contribution in [3.05, 3.63) is 23.8 Å². The van der Waals surface area contributed by atoms with E-state index in [2.05, 4.69) is 19.7 Å². The Kier molecular flexibility index (Phi) is 3.79. The van der Waals surface area contributed by atoms with Crippen LogP contribution in [0.4, 0.5) is 4.39 Å². The van der Waals surface area contributed by atoms with Gasteiger partial charge in [0.1, 0.15) is 11.0 Å². The van der Waals surface area contributed by atoms with Crippen molar-refractivity contribution in [3.63, 3.8) is 0 Å². The molecule has 0 saturated heterocycles. The summed E-state index contributed by atoms with van der Waals surface area (Å²) in [5.74, 6) is 0. The van der Waals surface area contributed by atoms with Crippen LogP contribution in [0.25, 0.3) is 11.0 Å². The van der Waals surface area contributed by atoms with Crippen molar-refractivity contribution >= 4 is 22.8 Å². The van der Waals surface area contributed by atoms with Crippen LogP contribution in [0.3, 0.4) is 0 Å². The van der Waals surface area contributed by atoms with Crippen molar-refractivity contribution in [3.8, 4) is 0 Å². The van der Waals surface area contributed by atoms with Gasteiger partial charge in [-0.25, -0.2) is 0 Å². The first-order valence-electron chi connectivity index (χ1n) is 5.26. The third-order valence-electron chi connectivity index (χ3n) is 2.48. The lowest BCUT2D eigenvalue weighted by molar-refractivity contribution is 0.303. The van der Waals surface area contributed by atoms with Gasteiger partial charge in [0.2, 0.25) is 0 Å². The molecule has 5 heteroatoms. The van der Waals surface area contributed by atoms with Gasteiger partial charge in [0.05, 0.1) is 18.4 Å². The van der Waals surface area contributed by atoms with Gasteiger partial charge in [-0.05, 0) is 25.1 Å². The standard InChI is InChI=1S/C11H14FN3S/c1-15(7-3-6-12)8-9-4-2-5-10-11(9)14-16-13-10/h2,4-5H,3,6-8H2,1H3. The molecule has 0 unspecified atom stereocenters. The highest BCUT2D eigenvalue weighted by Gasteiger charge is 2.07. The Bertz CT molecular complexity index is 457. The molecule has 3 nitrogen and oxygen atoms in total. The molecular weight excluding hydrogens is 225 g/mol. The predicted molar refractivity (Wildman–Crippen MR) is 64.3 cm³/mol. The smallest absolute Gasteiger partial charge is 0.109 e. The van der Waals surface area contributed by atoms with Crippen molar-refractivity contribution in [2.45, 2.75) is 13.0 Å². The number of aromatic nitrogens is 2. The lowest BCUT2D eigenvalue weighted by atomic mass is 10.1. The topological polar surface area (TPSA) is 29.0 Å². The van der Waals surface area contributed by atoms with E-state index in [1.807, 2.05) is 19.2 Å². The van der Waals surface area contributed by atoms with E-state index >= 15 is 0 Å². The van der Waals surface area contributed by atoms with Crippen molar-refractivity contribution < 1.29 is 4.39 Å². The molecule has 1 heterocycles. The van der Waals surface area contributed by atoms with E-state index in [9.17, 15) is 4.39 Å². The van der Waals surface area contributed by atoms with Gasteiger partial charge in [-0.1, -0.05) is 12.1 Å². The highest BCUT2D eigenvalue weighted by molar-refractivity contribution is 7.00. The van der Waals surface area contributed by atoms with Gasteiger partial charge in [-0.3, -0.25) is 4.39 Å². The summed E-state index contributed by atoms with van der Waals surface area (Å²) in [6.07, 6.45) is 0.585. The largest absolute Gasteiger partial charge is 0.302 e. The Hall–Kier alpha value is -1.07. The summed E-state index contributed by atoms with van der Waals surface area (Å²) in [6, 6.07) is 6.00. The predicted octanol–water partition coefficient (Wildman–Crippen LogP) is 2.48. The molecule has 16 heavy (non-hydrogen) atoms. The van der Waals surface area contributed by atoms with Crippen LogP contribution in [0.2, 0.25) is 0 Å². The van der Waals surface area contributed by atoms with Gasteiger partial charge in [0, 0.05) is 13.1 Å². The Morgan fingerprint density at radius 3 is 3.06 bits per heavy atom. The van der Waals surface area contributed by atoms with Crippen LogP contribution >= 0.6 is 11.7 Å². The highest BCUT2D eigenvalue weighted by Crippen LogP contribution is 2.17. The second-order valence-corrected chi connectivity index (χ2v) is 4.36. The van der Waals surface area contributed by atoms with E-state index in [0.717, 1.165) is 29.7 Å². The maximum Gasteiger partial charge on any atom is 0.109 e. The lowest BCUT2D eigenvalue weighted by Gasteiger charge is -2.15. The minimum absolute atomic E-state index is 0.257. The molecule has 0 N–H and O–H groups in total. The van der Waals surface area contributed by atoms with Crippen LogP contribution in [0, 0.1) is 0 Å². The molecule has 0 aliphatic carbocycles. The third-order valence-corrected chi connectivity index (χ3v) is 3.03. The molecule has 86 valence electrons. The second-order valence-electron chi connectivity index (χ2n) is 3.83. The quantitative estimate of drug-likeness (QED) is 0.802. The number of hydrogen-bond donors (Lipinski definition) is 0. The zero-order chi connectivity index (χ0) is 11.4. The number of halogens is 1. The minimum atomic E-state index is -0.257. The maximum atomic E-state index is 12.0.